The fourth-order valence-corrected chi connectivity index (χ4v) is 6.64. The van der Waals surface area contributed by atoms with Gasteiger partial charge in [0, 0.05) is 58.7 Å². The van der Waals surface area contributed by atoms with Gasteiger partial charge in [0.25, 0.3) is 11.5 Å². The number of rotatable bonds is 8. The van der Waals surface area contributed by atoms with Crippen molar-refractivity contribution < 1.29 is 9.53 Å². The van der Waals surface area contributed by atoms with Gasteiger partial charge in [-0.2, -0.15) is 0 Å². The number of nitrogens with one attached hydrogen (secondary N) is 2. The van der Waals surface area contributed by atoms with Crippen molar-refractivity contribution in [1.29, 1.82) is 0 Å². The standard InChI is InChI=1S/C30H35N5O3S/c1-19-16-27(38-4)25(29(36)33-19)18-32-30(37)28-21(3)35(26-10-6-5-9-24(26)28)20(2)22-11-14-34(15-12-22)39-23-8-7-13-31-17-23/h5-10,13,16-17,20,22H,11-12,14-15,18H2,1-4H3,(H,32,37)(H,33,36)/t20-/m1/s1. The van der Waals surface area contributed by atoms with Gasteiger partial charge in [0.05, 0.1) is 24.8 Å². The number of amides is 1. The maximum absolute atomic E-state index is 13.6. The highest BCUT2D eigenvalue weighted by Crippen LogP contribution is 2.37. The number of methoxy groups -OCH3 is 1. The Morgan fingerprint density at radius 2 is 1.97 bits per heavy atom. The van der Waals surface area contributed by atoms with Gasteiger partial charge in [0.15, 0.2) is 0 Å². The lowest BCUT2D eigenvalue weighted by Gasteiger charge is -2.35. The second-order valence-electron chi connectivity index (χ2n) is 10.1. The van der Waals surface area contributed by atoms with Crippen molar-refractivity contribution in [1.82, 2.24) is 24.2 Å². The topological polar surface area (TPSA) is 92.2 Å². The number of aromatic nitrogens is 3. The number of hydrogen-bond acceptors (Lipinski definition) is 6. The average Bonchev–Trinajstić information content (AvgIpc) is 3.24. The SMILES string of the molecule is COc1cc(C)[nH]c(=O)c1CNC(=O)c1c(C)n([C@H](C)C2CCN(Sc3cccnc3)CC2)c2ccccc12. The molecule has 1 atom stereocenters. The Kier molecular flexibility index (Phi) is 8.09. The van der Waals surface area contributed by atoms with Gasteiger partial charge in [-0.1, -0.05) is 18.2 Å². The summed E-state index contributed by atoms with van der Waals surface area (Å²) in [5.41, 5.74) is 3.52. The molecule has 0 radical (unpaired) electrons. The minimum Gasteiger partial charge on any atom is -0.496 e. The molecule has 1 saturated heterocycles. The number of pyridine rings is 2. The van der Waals surface area contributed by atoms with E-state index in [0.717, 1.165) is 47.4 Å². The van der Waals surface area contributed by atoms with E-state index < -0.39 is 0 Å². The summed E-state index contributed by atoms with van der Waals surface area (Å²) in [6.45, 7) is 8.19. The van der Waals surface area contributed by atoms with Gasteiger partial charge in [0.1, 0.15) is 5.75 Å². The minimum absolute atomic E-state index is 0.0825. The van der Waals surface area contributed by atoms with Crippen LogP contribution < -0.4 is 15.6 Å². The van der Waals surface area contributed by atoms with Crippen molar-refractivity contribution in [2.75, 3.05) is 20.2 Å². The molecular formula is C30H35N5O3S. The third kappa shape index (κ3) is 5.60. The molecule has 5 rings (SSSR count). The first-order valence-corrected chi connectivity index (χ1v) is 14.1. The number of benzene rings is 1. The number of nitrogens with zero attached hydrogens (tertiary/aromatic N) is 3. The lowest BCUT2D eigenvalue weighted by atomic mass is 9.91. The second-order valence-corrected chi connectivity index (χ2v) is 11.3. The van der Waals surface area contributed by atoms with E-state index in [9.17, 15) is 9.59 Å². The van der Waals surface area contributed by atoms with Crippen LogP contribution in [0.15, 0.2) is 64.5 Å². The van der Waals surface area contributed by atoms with Crippen molar-refractivity contribution in [3.8, 4) is 5.75 Å². The molecular weight excluding hydrogens is 510 g/mol. The minimum atomic E-state index is -0.257. The molecule has 39 heavy (non-hydrogen) atoms. The number of H-pyrrole nitrogens is 1. The molecule has 0 saturated carbocycles. The fourth-order valence-electron chi connectivity index (χ4n) is 5.71. The smallest absolute Gasteiger partial charge is 0.256 e. The van der Waals surface area contributed by atoms with E-state index in [1.54, 1.807) is 31.1 Å². The molecule has 0 bridgehead atoms. The van der Waals surface area contributed by atoms with E-state index in [-0.39, 0.29) is 24.1 Å². The van der Waals surface area contributed by atoms with Crippen LogP contribution in [0.25, 0.3) is 10.9 Å². The van der Waals surface area contributed by atoms with Crippen molar-refractivity contribution in [3.63, 3.8) is 0 Å². The third-order valence-electron chi connectivity index (χ3n) is 7.72. The molecule has 8 nitrogen and oxygen atoms in total. The van der Waals surface area contributed by atoms with Crippen LogP contribution in [0.5, 0.6) is 5.75 Å². The van der Waals surface area contributed by atoms with E-state index in [0.29, 0.717) is 28.5 Å². The summed E-state index contributed by atoms with van der Waals surface area (Å²) in [4.78, 5) is 34.3. The molecule has 0 aliphatic carbocycles. The van der Waals surface area contributed by atoms with Crippen LogP contribution >= 0.6 is 11.9 Å². The van der Waals surface area contributed by atoms with Gasteiger partial charge < -0.3 is 19.6 Å². The summed E-state index contributed by atoms with van der Waals surface area (Å²) in [6.07, 6.45) is 5.87. The number of para-hydroxylation sites is 1. The zero-order valence-corrected chi connectivity index (χ0v) is 23.7. The maximum atomic E-state index is 13.6. The predicted molar refractivity (Wildman–Crippen MR) is 155 cm³/mol. The van der Waals surface area contributed by atoms with Gasteiger partial charge in [-0.05, 0) is 75.7 Å². The Balaban J connectivity index is 1.35. The Hall–Kier alpha value is -3.56. The molecule has 0 spiro atoms. The highest BCUT2D eigenvalue weighted by atomic mass is 32.2. The molecule has 0 unspecified atom stereocenters. The molecule has 4 heterocycles. The zero-order valence-electron chi connectivity index (χ0n) is 22.9. The number of fused-ring (bicyclic) bond motifs is 1. The van der Waals surface area contributed by atoms with Crippen LogP contribution in [0, 0.1) is 19.8 Å². The molecule has 2 N–H and O–H groups in total. The number of carbonyl (C=O) groups excluding carboxylic acids is 1. The molecule has 9 heteroatoms. The number of ether oxygens (including phenoxy) is 1. The highest BCUT2D eigenvalue weighted by molar-refractivity contribution is 7.97. The van der Waals surface area contributed by atoms with Gasteiger partial charge >= 0.3 is 0 Å². The van der Waals surface area contributed by atoms with Crippen molar-refractivity contribution in [2.24, 2.45) is 5.92 Å². The predicted octanol–water partition coefficient (Wildman–Crippen LogP) is 5.26. The quantitative estimate of drug-likeness (QED) is 0.294. The molecule has 1 aliphatic rings. The summed E-state index contributed by atoms with van der Waals surface area (Å²) in [6, 6.07) is 14.2. The summed E-state index contributed by atoms with van der Waals surface area (Å²) < 4.78 is 10.1. The van der Waals surface area contributed by atoms with Crippen LogP contribution in [0.2, 0.25) is 0 Å². The van der Waals surface area contributed by atoms with Gasteiger partial charge in [-0.25, -0.2) is 4.31 Å². The molecule has 1 fully saturated rings. The second kappa shape index (κ2) is 11.7. The molecule has 1 amide bonds. The van der Waals surface area contributed by atoms with Gasteiger partial charge in [-0.15, -0.1) is 0 Å². The molecule has 1 aromatic carbocycles. The van der Waals surface area contributed by atoms with E-state index in [2.05, 4.69) is 43.2 Å². The summed E-state index contributed by atoms with van der Waals surface area (Å²) >= 11 is 1.77. The van der Waals surface area contributed by atoms with Crippen LogP contribution in [0.1, 0.15) is 53.1 Å². The van der Waals surface area contributed by atoms with E-state index >= 15 is 0 Å². The number of carbonyl (C=O) groups is 1. The van der Waals surface area contributed by atoms with E-state index in [4.69, 9.17) is 4.74 Å². The fraction of sp³-hybridized carbons (Fsp3) is 0.367. The highest BCUT2D eigenvalue weighted by Gasteiger charge is 2.29. The molecule has 204 valence electrons. The Morgan fingerprint density at radius 1 is 1.21 bits per heavy atom. The van der Waals surface area contributed by atoms with Crippen molar-refractivity contribution >= 4 is 28.8 Å². The van der Waals surface area contributed by atoms with Crippen molar-refractivity contribution in [2.45, 2.75) is 51.1 Å². The van der Waals surface area contributed by atoms with Crippen molar-refractivity contribution in [3.05, 3.63) is 87.7 Å². The van der Waals surface area contributed by atoms with Gasteiger partial charge in [0.2, 0.25) is 0 Å². The summed E-state index contributed by atoms with van der Waals surface area (Å²) in [7, 11) is 1.53. The Bertz CT molecular complexity index is 1520. The van der Waals surface area contributed by atoms with Gasteiger partial charge in [-0.3, -0.25) is 14.6 Å². The first-order valence-electron chi connectivity index (χ1n) is 13.3. The molecule has 1 aliphatic heterocycles. The van der Waals surface area contributed by atoms with Crippen LogP contribution in [-0.4, -0.2) is 44.9 Å². The lowest BCUT2D eigenvalue weighted by Crippen LogP contribution is -2.32. The monoisotopic (exact) mass is 545 g/mol. The number of aryl methyl sites for hydroxylation is 1. The molecule has 4 aromatic rings. The van der Waals surface area contributed by atoms with E-state index in [1.165, 1.54) is 7.11 Å². The van der Waals surface area contributed by atoms with Crippen LogP contribution in [0.4, 0.5) is 0 Å². The van der Waals surface area contributed by atoms with Crippen LogP contribution in [0.3, 0.4) is 0 Å². The Morgan fingerprint density at radius 3 is 2.69 bits per heavy atom. The normalized spacial score (nSPS) is 15.4. The lowest BCUT2D eigenvalue weighted by molar-refractivity contribution is 0.0951. The maximum Gasteiger partial charge on any atom is 0.256 e. The number of aromatic amines is 1. The first-order chi connectivity index (χ1) is 18.9. The third-order valence-corrected chi connectivity index (χ3v) is 8.79. The average molecular weight is 546 g/mol. The summed E-state index contributed by atoms with van der Waals surface area (Å²) in [5, 5.41) is 3.90. The number of hydrogen-bond donors (Lipinski definition) is 2. The zero-order chi connectivity index (χ0) is 27.5. The van der Waals surface area contributed by atoms with Crippen LogP contribution in [-0.2, 0) is 6.54 Å². The first kappa shape index (κ1) is 27.0. The largest absolute Gasteiger partial charge is 0.496 e. The number of piperidine rings is 1. The molecule has 3 aromatic heterocycles. The van der Waals surface area contributed by atoms with E-state index in [1.807, 2.05) is 37.4 Å². The Labute approximate surface area is 232 Å². The summed E-state index contributed by atoms with van der Waals surface area (Å²) in [5.74, 6) is 0.772.